The fraction of sp³-hybridized carbons (Fsp3) is 0.357. The summed E-state index contributed by atoms with van der Waals surface area (Å²) < 4.78 is 44.7. The molecule has 6 nitrogen and oxygen atoms in total. The zero-order chi connectivity index (χ0) is 17.3. The highest BCUT2D eigenvalue weighted by atomic mass is 19.4. The van der Waals surface area contributed by atoms with Crippen molar-refractivity contribution in [3.8, 4) is 0 Å². The van der Waals surface area contributed by atoms with Gasteiger partial charge in [0, 0.05) is 0 Å². The fourth-order valence-corrected chi connectivity index (χ4v) is 2.03. The molecule has 23 heavy (non-hydrogen) atoms. The van der Waals surface area contributed by atoms with Gasteiger partial charge in [0.2, 0.25) is 0 Å². The maximum absolute atomic E-state index is 13.4. The van der Waals surface area contributed by atoms with Crippen LogP contribution in [-0.4, -0.2) is 36.3 Å². The van der Waals surface area contributed by atoms with Gasteiger partial charge in [-0.25, -0.2) is 19.9 Å². The summed E-state index contributed by atoms with van der Waals surface area (Å²) in [7, 11) is 0. The Hall–Kier alpha value is -2.58. The highest BCUT2D eigenvalue weighted by Gasteiger charge is 2.70. The number of rotatable bonds is 3. The SMILES string of the molecule is CCOC(=O)N[C@]1(C(F)(F)F)[NH+]=C(c2ccc(C)cc2)NC1=O. The van der Waals surface area contributed by atoms with E-state index in [0.717, 1.165) is 5.56 Å². The van der Waals surface area contributed by atoms with Gasteiger partial charge in [-0.2, -0.15) is 13.2 Å². The summed E-state index contributed by atoms with van der Waals surface area (Å²) in [5.74, 6) is -1.59. The molecular formula is C14H15F3N3O3+. The number of nitrogens with one attached hydrogen (secondary N) is 3. The fourth-order valence-electron chi connectivity index (χ4n) is 2.03. The van der Waals surface area contributed by atoms with Gasteiger partial charge in [0.15, 0.2) is 0 Å². The average molecular weight is 330 g/mol. The van der Waals surface area contributed by atoms with Crippen molar-refractivity contribution >= 4 is 17.8 Å². The van der Waals surface area contributed by atoms with E-state index in [4.69, 9.17) is 0 Å². The molecule has 2 rings (SSSR count). The van der Waals surface area contributed by atoms with E-state index in [1.165, 1.54) is 6.92 Å². The summed E-state index contributed by atoms with van der Waals surface area (Å²) >= 11 is 0. The summed E-state index contributed by atoms with van der Waals surface area (Å²) in [5.41, 5.74) is -2.02. The van der Waals surface area contributed by atoms with Gasteiger partial charge in [-0.05, 0) is 26.0 Å². The van der Waals surface area contributed by atoms with Crippen LogP contribution in [0.5, 0.6) is 0 Å². The van der Waals surface area contributed by atoms with E-state index in [1.807, 2.05) is 11.9 Å². The van der Waals surface area contributed by atoms with Crippen molar-refractivity contribution in [3.63, 3.8) is 0 Å². The van der Waals surface area contributed by atoms with Crippen LogP contribution in [0.2, 0.25) is 0 Å². The Morgan fingerprint density at radius 1 is 1.35 bits per heavy atom. The molecule has 9 heteroatoms. The van der Waals surface area contributed by atoms with Crippen LogP contribution >= 0.6 is 0 Å². The maximum Gasteiger partial charge on any atom is 0.465 e. The molecule has 0 fully saturated rings. The van der Waals surface area contributed by atoms with Crippen molar-refractivity contribution < 1.29 is 32.5 Å². The van der Waals surface area contributed by atoms with Crippen molar-refractivity contribution in [1.82, 2.24) is 10.6 Å². The number of hydrogen-bond acceptors (Lipinski definition) is 3. The number of aryl methyl sites for hydroxylation is 1. The summed E-state index contributed by atoms with van der Waals surface area (Å²) in [6, 6.07) is 6.47. The Labute approximate surface area is 129 Å². The predicted molar refractivity (Wildman–Crippen MR) is 73.3 cm³/mol. The molecule has 1 heterocycles. The number of amides is 2. The van der Waals surface area contributed by atoms with Gasteiger partial charge in [0.1, 0.15) is 0 Å². The van der Waals surface area contributed by atoms with Crippen LogP contribution in [0.15, 0.2) is 24.3 Å². The number of ether oxygens (including phenoxy) is 1. The zero-order valence-corrected chi connectivity index (χ0v) is 12.4. The number of hydrogen-bond donors (Lipinski definition) is 3. The number of carbonyl (C=O) groups excluding carboxylic acids is 2. The van der Waals surface area contributed by atoms with Crippen LogP contribution in [0, 0.1) is 6.92 Å². The predicted octanol–water partition coefficient (Wildman–Crippen LogP) is -0.0433. The summed E-state index contributed by atoms with van der Waals surface area (Å²) in [4.78, 5) is 25.4. The third-order valence-corrected chi connectivity index (χ3v) is 3.22. The maximum atomic E-state index is 13.4. The van der Waals surface area contributed by atoms with Gasteiger partial charge in [-0.3, -0.25) is 5.32 Å². The number of benzene rings is 1. The average Bonchev–Trinajstić information content (AvgIpc) is 2.78. The number of halogens is 3. The lowest BCUT2D eigenvalue weighted by Gasteiger charge is -2.22. The van der Waals surface area contributed by atoms with Gasteiger partial charge in [-0.15, -0.1) is 0 Å². The molecule has 0 saturated heterocycles. The van der Waals surface area contributed by atoms with Crippen LogP contribution < -0.4 is 15.6 Å². The van der Waals surface area contributed by atoms with E-state index in [1.54, 1.807) is 29.6 Å². The zero-order valence-electron chi connectivity index (χ0n) is 12.4. The quantitative estimate of drug-likeness (QED) is 0.727. The lowest BCUT2D eigenvalue weighted by atomic mass is 10.1. The van der Waals surface area contributed by atoms with Gasteiger partial charge >= 0.3 is 23.8 Å². The van der Waals surface area contributed by atoms with E-state index in [-0.39, 0.29) is 12.4 Å². The minimum atomic E-state index is -5.07. The normalized spacial score (nSPS) is 20.7. The molecule has 1 aliphatic rings. The first-order valence-electron chi connectivity index (χ1n) is 6.75. The highest BCUT2D eigenvalue weighted by molar-refractivity contribution is 6.10. The summed E-state index contributed by atoms with van der Waals surface area (Å²) in [5, 5.41) is 3.67. The highest BCUT2D eigenvalue weighted by Crippen LogP contribution is 2.26. The first-order valence-corrected chi connectivity index (χ1v) is 6.75. The number of carbonyl (C=O) groups is 2. The molecule has 0 unspecified atom stereocenters. The smallest absolute Gasteiger partial charge is 0.450 e. The molecular weight excluding hydrogens is 315 g/mol. The molecule has 0 spiro atoms. The number of amidine groups is 1. The van der Waals surface area contributed by atoms with Crippen molar-refractivity contribution in [1.29, 1.82) is 0 Å². The van der Waals surface area contributed by atoms with Crippen LogP contribution in [0.1, 0.15) is 18.1 Å². The third kappa shape index (κ3) is 3.13. The van der Waals surface area contributed by atoms with Crippen molar-refractivity contribution in [2.75, 3.05) is 6.61 Å². The molecule has 3 N–H and O–H groups in total. The topological polar surface area (TPSA) is 81.4 Å². The Morgan fingerprint density at radius 2 is 1.96 bits per heavy atom. The van der Waals surface area contributed by atoms with Crippen LogP contribution in [0.3, 0.4) is 0 Å². The second-order valence-corrected chi connectivity index (χ2v) is 4.91. The van der Waals surface area contributed by atoms with E-state index < -0.39 is 23.8 Å². The minimum Gasteiger partial charge on any atom is -0.450 e. The van der Waals surface area contributed by atoms with Gasteiger partial charge in [0.25, 0.3) is 5.84 Å². The molecule has 0 bridgehead atoms. The first kappa shape index (κ1) is 16.8. The van der Waals surface area contributed by atoms with Crippen LogP contribution in [0.25, 0.3) is 0 Å². The summed E-state index contributed by atoms with van der Waals surface area (Å²) in [6.45, 7) is 3.12. The van der Waals surface area contributed by atoms with Gasteiger partial charge < -0.3 is 4.74 Å². The Morgan fingerprint density at radius 3 is 2.48 bits per heavy atom. The number of alkyl carbamates (subject to hydrolysis) is 1. The lowest BCUT2D eigenvalue weighted by molar-refractivity contribution is -0.581. The third-order valence-electron chi connectivity index (χ3n) is 3.22. The minimum absolute atomic E-state index is 0.129. The van der Waals surface area contributed by atoms with Crippen molar-refractivity contribution in [2.24, 2.45) is 0 Å². The van der Waals surface area contributed by atoms with Crippen molar-refractivity contribution in [2.45, 2.75) is 25.7 Å². The lowest BCUT2D eigenvalue weighted by Crippen LogP contribution is -2.96. The van der Waals surface area contributed by atoms with Crippen molar-refractivity contribution in [3.05, 3.63) is 35.4 Å². The standard InChI is InChI=1S/C14H14F3N3O3/c1-3-23-12(22)20-13(14(15,16)17)11(21)18-10(19-13)9-6-4-8(2)5-7-9/h4-7H,3H2,1-2H3,(H,20,22)(H,18,19,21)/p+1/t13-/m1/s1. The molecule has 1 aliphatic heterocycles. The van der Waals surface area contributed by atoms with Crippen LogP contribution in [0.4, 0.5) is 18.0 Å². The van der Waals surface area contributed by atoms with Gasteiger partial charge in [0.05, 0.1) is 12.2 Å². The molecule has 0 saturated carbocycles. The molecule has 1 aromatic rings. The molecule has 0 radical (unpaired) electrons. The molecule has 124 valence electrons. The first-order chi connectivity index (χ1) is 10.7. The van der Waals surface area contributed by atoms with E-state index in [9.17, 15) is 22.8 Å². The molecule has 1 aromatic carbocycles. The molecule has 0 aliphatic carbocycles. The second-order valence-electron chi connectivity index (χ2n) is 4.91. The van der Waals surface area contributed by atoms with Gasteiger partial charge in [-0.1, -0.05) is 17.7 Å². The van der Waals surface area contributed by atoms with E-state index >= 15 is 0 Å². The Kier molecular flexibility index (Phi) is 4.31. The molecule has 2 amide bonds. The van der Waals surface area contributed by atoms with E-state index in [2.05, 4.69) is 10.1 Å². The second kappa shape index (κ2) is 5.90. The summed E-state index contributed by atoms with van der Waals surface area (Å²) in [6.07, 6.45) is -6.42. The Bertz CT molecular complexity index is 655. The molecule has 1 atom stereocenters. The molecule has 0 aromatic heterocycles. The largest absolute Gasteiger partial charge is 0.465 e. The van der Waals surface area contributed by atoms with Crippen LogP contribution in [-0.2, 0) is 9.53 Å². The van der Waals surface area contributed by atoms with E-state index in [0.29, 0.717) is 5.56 Å². The monoisotopic (exact) mass is 330 g/mol. The number of alkyl halides is 3. The Balaban J connectivity index is 2.43.